The highest BCUT2D eigenvalue weighted by Gasteiger charge is 2.02. The number of halogens is 1. The number of hydrogen-bond acceptors (Lipinski definition) is 6. The van der Waals surface area contributed by atoms with Gasteiger partial charge in [0.25, 0.3) is 0 Å². The number of rotatable bonds is 5. The lowest BCUT2D eigenvalue weighted by Crippen LogP contribution is -2.11. The molecule has 0 fully saturated rings. The summed E-state index contributed by atoms with van der Waals surface area (Å²) < 4.78 is 0. The molecule has 0 unspecified atom stereocenters. The molecule has 78 valence electrons. The van der Waals surface area contributed by atoms with Gasteiger partial charge in [-0.2, -0.15) is 15.0 Å². The van der Waals surface area contributed by atoms with Crippen LogP contribution < -0.4 is 10.6 Å². The van der Waals surface area contributed by atoms with Gasteiger partial charge in [-0.15, -0.1) is 0 Å². The van der Waals surface area contributed by atoms with Crippen LogP contribution in [0, 0.1) is 0 Å². The molecule has 0 bridgehead atoms. The number of nitrogens with zero attached hydrogens (tertiary/aromatic N) is 3. The first-order valence-corrected chi connectivity index (χ1v) is 4.64. The van der Waals surface area contributed by atoms with Crippen molar-refractivity contribution in [2.75, 3.05) is 30.3 Å². The molecule has 0 radical (unpaired) electrons. The molecule has 0 atom stereocenters. The van der Waals surface area contributed by atoms with Gasteiger partial charge in [0, 0.05) is 13.1 Å². The Kier molecular flexibility index (Phi) is 4.34. The van der Waals surface area contributed by atoms with Gasteiger partial charge in [0.05, 0.1) is 6.61 Å². The number of anilines is 2. The molecule has 0 amide bonds. The number of nitrogens with one attached hydrogen (secondary N) is 2. The molecule has 0 aliphatic heterocycles. The van der Waals surface area contributed by atoms with Crippen LogP contribution in [0.5, 0.6) is 0 Å². The number of aromatic nitrogens is 3. The van der Waals surface area contributed by atoms with Gasteiger partial charge in [0.15, 0.2) is 0 Å². The molecular weight excluding hydrogens is 206 g/mol. The molecule has 0 aliphatic carbocycles. The Hall–Kier alpha value is -1.14. The number of hydrogen-bond donors (Lipinski definition) is 3. The largest absolute Gasteiger partial charge is 0.395 e. The third-order valence-corrected chi connectivity index (χ3v) is 1.51. The summed E-state index contributed by atoms with van der Waals surface area (Å²) in [5.41, 5.74) is 0. The van der Waals surface area contributed by atoms with Crippen LogP contribution >= 0.6 is 11.6 Å². The molecule has 0 saturated carbocycles. The predicted octanol–water partition coefficient (Wildman–Crippen LogP) is 0.361. The lowest BCUT2D eigenvalue weighted by Gasteiger charge is -2.05. The molecule has 6 nitrogen and oxygen atoms in total. The Balaban J connectivity index is 2.73. The Morgan fingerprint density at radius 3 is 2.43 bits per heavy atom. The fourth-order valence-corrected chi connectivity index (χ4v) is 0.994. The van der Waals surface area contributed by atoms with Gasteiger partial charge >= 0.3 is 0 Å². The van der Waals surface area contributed by atoms with Crippen LogP contribution in [0.3, 0.4) is 0 Å². The highest BCUT2D eigenvalue weighted by atomic mass is 35.5. The summed E-state index contributed by atoms with van der Waals surface area (Å²) in [6.45, 7) is 3.03. The van der Waals surface area contributed by atoms with E-state index in [1.54, 1.807) is 0 Å². The van der Waals surface area contributed by atoms with E-state index in [0.29, 0.717) is 25.0 Å². The second-order valence-corrected chi connectivity index (χ2v) is 2.77. The van der Waals surface area contributed by atoms with E-state index in [1.165, 1.54) is 0 Å². The average molecular weight is 218 g/mol. The van der Waals surface area contributed by atoms with Gasteiger partial charge in [-0.05, 0) is 18.5 Å². The zero-order valence-electron chi connectivity index (χ0n) is 7.79. The Labute approximate surface area is 86.7 Å². The topological polar surface area (TPSA) is 83.0 Å². The van der Waals surface area contributed by atoms with Crippen molar-refractivity contribution in [3.05, 3.63) is 5.28 Å². The van der Waals surface area contributed by atoms with E-state index in [1.807, 2.05) is 6.92 Å². The van der Waals surface area contributed by atoms with Crippen LogP contribution in [0.25, 0.3) is 0 Å². The standard InChI is InChI=1S/C7H12ClN5O/c1-2-9-6-11-5(8)12-7(13-6)10-3-4-14/h14H,2-4H2,1H3,(H2,9,10,11,12,13). The number of aliphatic hydroxyl groups excluding tert-OH is 1. The minimum Gasteiger partial charge on any atom is -0.395 e. The first-order chi connectivity index (χ1) is 6.76. The summed E-state index contributed by atoms with van der Waals surface area (Å²) in [6, 6.07) is 0. The van der Waals surface area contributed by atoms with Crippen LogP contribution in [0.4, 0.5) is 11.9 Å². The molecule has 0 aliphatic rings. The SMILES string of the molecule is CCNc1nc(Cl)nc(NCCO)n1. The molecular formula is C7H12ClN5O. The minimum atomic E-state index is 0.0137. The lowest BCUT2D eigenvalue weighted by atomic mass is 10.7. The van der Waals surface area contributed by atoms with Crippen LogP contribution in [0.15, 0.2) is 0 Å². The third kappa shape index (κ3) is 3.31. The fourth-order valence-electron chi connectivity index (χ4n) is 0.834. The van der Waals surface area contributed by atoms with E-state index < -0.39 is 0 Å². The molecule has 1 heterocycles. The van der Waals surface area contributed by atoms with Gasteiger partial charge in [0.2, 0.25) is 17.2 Å². The molecule has 1 aromatic heterocycles. The van der Waals surface area contributed by atoms with Gasteiger partial charge in [-0.25, -0.2) is 0 Å². The van der Waals surface area contributed by atoms with Crippen LogP contribution in [0.1, 0.15) is 6.92 Å². The third-order valence-electron chi connectivity index (χ3n) is 1.34. The van der Waals surface area contributed by atoms with Crippen molar-refractivity contribution >= 4 is 23.5 Å². The van der Waals surface area contributed by atoms with Crippen molar-refractivity contribution in [3.63, 3.8) is 0 Å². The maximum atomic E-state index is 8.59. The summed E-state index contributed by atoms with van der Waals surface area (Å²) in [5.74, 6) is 0.780. The monoisotopic (exact) mass is 217 g/mol. The second-order valence-electron chi connectivity index (χ2n) is 2.43. The molecule has 0 aromatic carbocycles. The summed E-state index contributed by atoms with van der Waals surface area (Å²) in [4.78, 5) is 11.7. The van der Waals surface area contributed by atoms with Gasteiger partial charge in [-0.3, -0.25) is 0 Å². The van der Waals surface area contributed by atoms with Crippen molar-refractivity contribution in [1.82, 2.24) is 15.0 Å². The van der Waals surface area contributed by atoms with Gasteiger partial charge < -0.3 is 15.7 Å². The quantitative estimate of drug-likeness (QED) is 0.661. The number of aliphatic hydroxyl groups is 1. The summed E-state index contributed by atoms with van der Waals surface area (Å²) in [5, 5.41) is 14.4. The fraction of sp³-hybridized carbons (Fsp3) is 0.571. The Morgan fingerprint density at radius 1 is 1.21 bits per heavy atom. The summed E-state index contributed by atoms with van der Waals surface area (Å²) in [6.07, 6.45) is 0. The van der Waals surface area contributed by atoms with E-state index >= 15 is 0 Å². The zero-order chi connectivity index (χ0) is 10.4. The van der Waals surface area contributed by atoms with Crippen molar-refractivity contribution in [2.45, 2.75) is 6.92 Å². The Morgan fingerprint density at radius 2 is 1.86 bits per heavy atom. The zero-order valence-corrected chi connectivity index (χ0v) is 8.54. The van der Waals surface area contributed by atoms with E-state index in [4.69, 9.17) is 16.7 Å². The van der Waals surface area contributed by atoms with E-state index in [0.717, 1.165) is 0 Å². The molecule has 3 N–H and O–H groups in total. The summed E-state index contributed by atoms with van der Waals surface area (Å²) >= 11 is 5.66. The maximum Gasteiger partial charge on any atom is 0.228 e. The first-order valence-electron chi connectivity index (χ1n) is 4.26. The van der Waals surface area contributed by atoms with Crippen LogP contribution in [-0.2, 0) is 0 Å². The predicted molar refractivity (Wildman–Crippen MR) is 54.6 cm³/mol. The molecule has 1 aromatic rings. The van der Waals surface area contributed by atoms with Gasteiger partial charge in [-0.1, -0.05) is 0 Å². The molecule has 1 rings (SSSR count). The molecule has 0 spiro atoms. The van der Waals surface area contributed by atoms with Gasteiger partial charge in [0.1, 0.15) is 0 Å². The van der Waals surface area contributed by atoms with Crippen molar-refractivity contribution < 1.29 is 5.11 Å². The normalized spacial score (nSPS) is 9.93. The highest BCUT2D eigenvalue weighted by Crippen LogP contribution is 2.08. The minimum absolute atomic E-state index is 0.0137. The summed E-state index contributed by atoms with van der Waals surface area (Å²) in [7, 11) is 0. The first kappa shape index (κ1) is 10.9. The highest BCUT2D eigenvalue weighted by molar-refractivity contribution is 6.28. The van der Waals surface area contributed by atoms with E-state index in [-0.39, 0.29) is 11.9 Å². The maximum absolute atomic E-state index is 8.59. The molecule has 14 heavy (non-hydrogen) atoms. The Bertz CT molecular complexity index is 295. The van der Waals surface area contributed by atoms with Crippen LogP contribution in [-0.4, -0.2) is 39.8 Å². The van der Waals surface area contributed by atoms with E-state index in [2.05, 4.69) is 25.6 Å². The van der Waals surface area contributed by atoms with Crippen molar-refractivity contribution in [1.29, 1.82) is 0 Å². The van der Waals surface area contributed by atoms with Crippen LogP contribution in [0.2, 0.25) is 5.28 Å². The lowest BCUT2D eigenvalue weighted by molar-refractivity contribution is 0.311. The average Bonchev–Trinajstić information content (AvgIpc) is 2.14. The smallest absolute Gasteiger partial charge is 0.228 e. The van der Waals surface area contributed by atoms with Crippen molar-refractivity contribution in [3.8, 4) is 0 Å². The molecule has 0 saturated heterocycles. The van der Waals surface area contributed by atoms with Crippen molar-refractivity contribution in [2.24, 2.45) is 0 Å². The van der Waals surface area contributed by atoms with E-state index in [9.17, 15) is 0 Å². The second kappa shape index (κ2) is 5.56. The molecule has 7 heteroatoms.